The van der Waals surface area contributed by atoms with Crippen LogP contribution >= 0.6 is 27.5 Å². The van der Waals surface area contributed by atoms with E-state index in [0.717, 1.165) is 10.0 Å². The molecular weight excluding hydrogens is 340 g/mol. The topological polar surface area (TPSA) is 46.3 Å². The van der Waals surface area contributed by atoms with Gasteiger partial charge < -0.3 is 10.6 Å². The average molecular weight is 354 g/mol. The van der Waals surface area contributed by atoms with E-state index < -0.39 is 0 Å². The van der Waals surface area contributed by atoms with Gasteiger partial charge in [-0.15, -0.1) is 0 Å². The molecule has 2 aromatic carbocycles. The summed E-state index contributed by atoms with van der Waals surface area (Å²) in [5, 5.41) is 0.528. The van der Waals surface area contributed by atoms with E-state index in [2.05, 4.69) is 15.9 Å². The summed E-state index contributed by atoms with van der Waals surface area (Å²) in [6, 6.07) is 12.6. The summed E-state index contributed by atoms with van der Waals surface area (Å²) in [6.07, 6.45) is 0. The zero-order valence-electron chi connectivity index (χ0n) is 10.9. The minimum Gasteiger partial charge on any atom is -0.399 e. The lowest BCUT2D eigenvalue weighted by Crippen LogP contribution is -2.26. The number of carbonyl (C=O) groups excluding carboxylic acids is 1. The highest BCUT2D eigenvalue weighted by molar-refractivity contribution is 9.10. The Labute approximate surface area is 131 Å². The van der Waals surface area contributed by atoms with Crippen molar-refractivity contribution in [2.75, 3.05) is 12.8 Å². The second-order valence-electron chi connectivity index (χ2n) is 4.56. The van der Waals surface area contributed by atoms with Crippen LogP contribution < -0.4 is 5.73 Å². The molecule has 0 fully saturated rings. The average Bonchev–Trinajstić information content (AvgIpc) is 2.36. The van der Waals surface area contributed by atoms with Crippen molar-refractivity contribution in [1.29, 1.82) is 0 Å². The molecule has 0 aliphatic carbocycles. The maximum absolute atomic E-state index is 12.4. The Bertz CT molecular complexity index is 625. The highest BCUT2D eigenvalue weighted by atomic mass is 79.9. The number of benzene rings is 2. The molecule has 0 bridgehead atoms. The third-order valence-corrected chi connectivity index (χ3v) is 3.50. The van der Waals surface area contributed by atoms with Crippen molar-refractivity contribution in [3.05, 3.63) is 63.1 Å². The van der Waals surface area contributed by atoms with E-state index in [1.54, 1.807) is 30.1 Å². The molecule has 0 heterocycles. The van der Waals surface area contributed by atoms with Crippen LogP contribution in [0.25, 0.3) is 0 Å². The molecular formula is C15H14BrClN2O. The van der Waals surface area contributed by atoms with Gasteiger partial charge in [-0.2, -0.15) is 0 Å². The minimum atomic E-state index is -0.0874. The van der Waals surface area contributed by atoms with Crippen LogP contribution in [0, 0.1) is 0 Å². The first kappa shape index (κ1) is 14.9. The van der Waals surface area contributed by atoms with Gasteiger partial charge in [0, 0.05) is 34.3 Å². The van der Waals surface area contributed by atoms with E-state index >= 15 is 0 Å². The number of hydrogen-bond acceptors (Lipinski definition) is 2. The summed E-state index contributed by atoms with van der Waals surface area (Å²) in [6.45, 7) is 0.494. The smallest absolute Gasteiger partial charge is 0.253 e. The molecule has 20 heavy (non-hydrogen) atoms. The summed E-state index contributed by atoms with van der Waals surface area (Å²) in [7, 11) is 1.75. The van der Waals surface area contributed by atoms with Gasteiger partial charge in [-0.1, -0.05) is 39.7 Å². The van der Waals surface area contributed by atoms with E-state index in [0.29, 0.717) is 22.8 Å². The van der Waals surface area contributed by atoms with Crippen molar-refractivity contribution in [3.63, 3.8) is 0 Å². The largest absolute Gasteiger partial charge is 0.399 e. The Morgan fingerprint density at radius 3 is 2.70 bits per heavy atom. The molecule has 0 aromatic heterocycles. The number of rotatable bonds is 3. The summed E-state index contributed by atoms with van der Waals surface area (Å²) in [5.74, 6) is -0.0874. The maximum Gasteiger partial charge on any atom is 0.253 e. The van der Waals surface area contributed by atoms with Crippen molar-refractivity contribution < 1.29 is 4.79 Å². The summed E-state index contributed by atoms with van der Waals surface area (Å²) < 4.78 is 0.783. The zero-order valence-corrected chi connectivity index (χ0v) is 13.3. The predicted octanol–water partition coefficient (Wildman–Crippen LogP) is 3.96. The summed E-state index contributed by atoms with van der Waals surface area (Å²) in [5.41, 5.74) is 7.96. The molecule has 0 spiro atoms. The first-order chi connectivity index (χ1) is 9.45. The molecule has 0 aliphatic heterocycles. The molecule has 0 unspecified atom stereocenters. The van der Waals surface area contributed by atoms with E-state index in [4.69, 9.17) is 17.3 Å². The first-order valence-corrected chi connectivity index (χ1v) is 7.19. The Kier molecular flexibility index (Phi) is 4.68. The summed E-state index contributed by atoms with van der Waals surface area (Å²) in [4.78, 5) is 14.0. The lowest BCUT2D eigenvalue weighted by Gasteiger charge is -2.18. The van der Waals surface area contributed by atoms with Crippen molar-refractivity contribution in [1.82, 2.24) is 4.90 Å². The van der Waals surface area contributed by atoms with E-state index in [1.807, 2.05) is 24.3 Å². The lowest BCUT2D eigenvalue weighted by atomic mass is 10.1. The standard InChI is InChI=1S/C15H14BrClN2O/c1-19(9-10-3-2-4-14(18)5-10)15(20)11-6-12(16)8-13(17)7-11/h2-8H,9,18H2,1H3. The van der Waals surface area contributed by atoms with Gasteiger partial charge in [0.15, 0.2) is 0 Å². The number of nitrogens with zero attached hydrogens (tertiary/aromatic N) is 1. The molecule has 3 nitrogen and oxygen atoms in total. The first-order valence-electron chi connectivity index (χ1n) is 6.01. The number of nitrogens with two attached hydrogens (primary N) is 1. The van der Waals surface area contributed by atoms with Crippen LogP contribution in [-0.4, -0.2) is 17.9 Å². The van der Waals surface area contributed by atoms with Crippen LogP contribution in [0.2, 0.25) is 5.02 Å². The van der Waals surface area contributed by atoms with Crippen LogP contribution in [0.5, 0.6) is 0 Å². The molecule has 0 aliphatic rings. The van der Waals surface area contributed by atoms with Gasteiger partial charge in [0.2, 0.25) is 0 Å². The third kappa shape index (κ3) is 3.74. The van der Waals surface area contributed by atoms with Crippen molar-refractivity contribution >= 4 is 39.1 Å². The Balaban J connectivity index is 2.16. The maximum atomic E-state index is 12.4. The Morgan fingerprint density at radius 1 is 1.30 bits per heavy atom. The fourth-order valence-electron chi connectivity index (χ4n) is 1.93. The highest BCUT2D eigenvalue weighted by Crippen LogP contribution is 2.21. The lowest BCUT2D eigenvalue weighted by molar-refractivity contribution is 0.0785. The van der Waals surface area contributed by atoms with E-state index in [-0.39, 0.29) is 5.91 Å². The van der Waals surface area contributed by atoms with Crippen LogP contribution in [0.4, 0.5) is 5.69 Å². The van der Waals surface area contributed by atoms with E-state index in [1.165, 1.54) is 0 Å². The number of amides is 1. The monoisotopic (exact) mass is 352 g/mol. The number of halogens is 2. The molecule has 0 saturated carbocycles. The van der Waals surface area contributed by atoms with Gasteiger partial charge in [-0.3, -0.25) is 4.79 Å². The quantitative estimate of drug-likeness (QED) is 0.849. The van der Waals surface area contributed by atoms with Crippen molar-refractivity contribution in [3.8, 4) is 0 Å². The van der Waals surface area contributed by atoms with E-state index in [9.17, 15) is 4.79 Å². The highest BCUT2D eigenvalue weighted by Gasteiger charge is 2.13. The SMILES string of the molecule is CN(Cc1cccc(N)c1)C(=O)c1cc(Cl)cc(Br)c1. The number of anilines is 1. The molecule has 2 aromatic rings. The third-order valence-electron chi connectivity index (χ3n) is 2.83. The molecule has 5 heteroatoms. The molecule has 0 radical (unpaired) electrons. The Hall–Kier alpha value is -1.52. The van der Waals surface area contributed by atoms with Gasteiger partial charge >= 0.3 is 0 Å². The number of nitrogen functional groups attached to an aromatic ring is 1. The van der Waals surface area contributed by atoms with Crippen LogP contribution in [0.15, 0.2) is 46.9 Å². The van der Waals surface area contributed by atoms with Gasteiger partial charge in [-0.05, 0) is 35.9 Å². The number of hydrogen-bond donors (Lipinski definition) is 1. The van der Waals surface area contributed by atoms with Gasteiger partial charge in [0.05, 0.1) is 0 Å². The molecule has 0 atom stereocenters. The second-order valence-corrected chi connectivity index (χ2v) is 5.92. The predicted molar refractivity (Wildman–Crippen MR) is 85.8 cm³/mol. The van der Waals surface area contributed by atoms with Crippen LogP contribution in [0.3, 0.4) is 0 Å². The van der Waals surface area contributed by atoms with Crippen LogP contribution in [-0.2, 0) is 6.54 Å². The van der Waals surface area contributed by atoms with Gasteiger partial charge in [-0.25, -0.2) is 0 Å². The zero-order chi connectivity index (χ0) is 14.7. The molecule has 2 N–H and O–H groups in total. The summed E-state index contributed by atoms with van der Waals surface area (Å²) >= 11 is 9.30. The van der Waals surface area contributed by atoms with Crippen molar-refractivity contribution in [2.45, 2.75) is 6.54 Å². The normalized spacial score (nSPS) is 10.3. The van der Waals surface area contributed by atoms with Gasteiger partial charge in [0.25, 0.3) is 5.91 Å². The molecule has 0 saturated heterocycles. The molecule has 2 rings (SSSR count). The fourth-order valence-corrected chi connectivity index (χ4v) is 2.79. The van der Waals surface area contributed by atoms with Crippen molar-refractivity contribution in [2.24, 2.45) is 0 Å². The number of carbonyl (C=O) groups is 1. The van der Waals surface area contributed by atoms with Crippen LogP contribution in [0.1, 0.15) is 15.9 Å². The molecule has 1 amide bonds. The molecule has 104 valence electrons. The Morgan fingerprint density at radius 2 is 2.05 bits per heavy atom. The minimum absolute atomic E-state index is 0.0874. The fraction of sp³-hybridized carbons (Fsp3) is 0.133. The second kappa shape index (κ2) is 6.29. The van der Waals surface area contributed by atoms with Gasteiger partial charge in [0.1, 0.15) is 0 Å².